The predicted molar refractivity (Wildman–Crippen MR) is 76.1 cm³/mol. The predicted octanol–water partition coefficient (Wildman–Crippen LogP) is 0.936. The molecule has 2 rings (SSSR count). The van der Waals surface area contributed by atoms with E-state index in [1.807, 2.05) is 13.8 Å². The van der Waals surface area contributed by atoms with Gasteiger partial charge in [0.25, 0.3) is 0 Å². The van der Waals surface area contributed by atoms with E-state index in [1.165, 1.54) is 0 Å². The summed E-state index contributed by atoms with van der Waals surface area (Å²) in [6, 6.07) is 0. The van der Waals surface area contributed by atoms with Gasteiger partial charge in [0.05, 0.1) is 12.1 Å². The van der Waals surface area contributed by atoms with Crippen molar-refractivity contribution >= 4 is 11.9 Å². The van der Waals surface area contributed by atoms with Crippen LogP contribution < -0.4 is 10.6 Å². The summed E-state index contributed by atoms with van der Waals surface area (Å²) in [4.78, 5) is 17.0. The normalized spacial score (nSPS) is 11.4. The molecule has 0 saturated carbocycles. The Hall–Kier alpha value is -2.22. The molecule has 0 aliphatic heterocycles. The lowest BCUT2D eigenvalue weighted by molar-refractivity contribution is 0.158. The monoisotopic (exact) mass is 277 g/mol. The maximum Gasteiger partial charge on any atom is 0.241 e. The second-order valence-electron chi connectivity index (χ2n) is 4.94. The van der Waals surface area contributed by atoms with E-state index in [1.54, 1.807) is 37.4 Å². The van der Waals surface area contributed by atoms with Gasteiger partial charge in [0.1, 0.15) is 6.33 Å². The van der Waals surface area contributed by atoms with E-state index in [0.717, 1.165) is 0 Å². The van der Waals surface area contributed by atoms with Gasteiger partial charge < -0.3 is 15.4 Å². The fourth-order valence-electron chi connectivity index (χ4n) is 1.72. The Bertz CT molecular complexity index is 553. The molecule has 0 unspecified atom stereocenters. The van der Waals surface area contributed by atoms with E-state index in [9.17, 15) is 0 Å². The summed E-state index contributed by atoms with van der Waals surface area (Å²) < 4.78 is 6.89. The van der Waals surface area contributed by atoms with Gasteiger partial charge in [-0.1, -0.05) is 0 Å². The van der Waals surface area contributed by atoms with Crippen molar-refractivity contribution < 1.29 is 4.74 Å². The van der Waals surface area contributed by atoms with E-state index >= 15 is 0 Å². The molecule has 2 N–H and O–H groups in total. The van der Waals surface area contributed by atoms with Crippen LogP contribution in [0.5, 0.6) is 0 Å². The summed E-state index contributed by atoms with van der Waals surface area (Å²) in [5.74, 6) is 1.46. The number of rotatable bonds is 6. The third-order valence-electron chi connectivity index (χ3n) is 2.54. The Kier molecular flexibility index (Phi) is 4.14. The van der Waals surface area contributed by atoms with Crippen LogP contribution in [-0.2, 0) is 4.74 Å². The minimum Gasteiger partial charge on any atom is -0.382 e. The van der Waals surface area contributed by atoms with Gasteiger partial charge in [-0.15, -0.1) is 0 Å². The first-order valence-corrected chi connectivity index (χ1v) is 6.23. The molecule has 108 valence electrons. The molecule has 0 atom stereocenters. The van der Waals surface area contributed by atoms with Crippen LogP contribution in [0, 0.1) is 0 Å². The number of anilines is 2. The number of aromatic nitrogens is 5. The maximum atomic E-state index is 5.17. The van der Waals surface area contributed by atoms with Gasteiger partial charge in [-0.05, 0) is 13.8 Å². The Morgan fingerprint density at radius 3 is 2.60 bits per heavy atom. The van der Waals surface area contributed by atoms with Gasteiger partial charge in [-0.3, -0.25) is 4.57 Å². The molecular weight excluding hydrogens is 258 g/mol. The van der Waals surface area contributed by atoms with Gasteiger partial charge >= 0.3 is 0 Å². The number of nitrogens with zero attached hydrogens (tertiary/aromatic N) is 5. The first-order valence-electron chi connectivity index (χ1n) is 6.23. The zero-order valence-corrected chi connectivity index (χ0v) is 12.1. The van der Waals surface area contributed by atoms with Crippen LogP contribution in [0.25, 0.3) is 5.95 Å². The quantitative estimate of drug-likeness (QED) is 0.812. The van der Waals surface area contributed by atoms with Crippen LogP contribution in [0.2, 0.25) is 0 Å². The lowest BCUT2D eigenvalue weighted by Gasteiger charge is -2.25. The zero-order valence-electron chi connectivity index (χ0n) is 12.1. The van der Waals surface area contributed by atoms with Crippen LogP contribution in [0.3, 0.4) is 0 Å². The highest BCUT2D eigenvalue weighted by Crippen LogP contribution is 2.14. The van der Waals surface area contributed by atoms with Gasteiger partial charge in [-0.25, -0.2) is 4.98 Å². The molecule has 2 heterocycles. The topological polar surface area (TPSA) is 89.8 Å². The first kappa shape index (κ1) is 14.2. The standard InChI is InChI=1S/C12H19N7O/c1-12(2,7-20-4)18-10-15-9(13-3)16-11(17-10)19-6-5-14-8-19/h5-6,8H,7H2,1-4H3,(H2,13,15,16,17,18). The highest BCUT2D eigenvalue weighted by molar-refractivity contribution is 5.39. The Balaban J connectivity index is 2.31. The smallest absolute Gasteiger partial charge is 0.241 e. The third kappa shape index (κ3) is 3.41. The minimum absolute atomic E-state index is 0.284. The van der Waals surface area contributed by atoms with Crippen LogP contribution >= 0.6 is 0 Å². The van der Waals surface area contributed by atoms with Gasteiger partial charge in [0.15, 0.2) is 0 Å². The van der Waals surface area contributed by atoms with Crippen molar-refractivity contribution in [3.05, 3.63) is 18.7 Å². The lowest BCUT2D eigenvalue weighted by Crippen LogP contribution is -2.36. The van der Waals surface area contributed by atoms with Crippen LogP contribution in [0.15, 0.2) is 18.7 Å². The molecule has 0 amide bonds. The summed E-state index contributed by atoms with van der Waals surface area (Å²) in [6.45, 7) is 4.56. The van der Waals surface area contributed by atoms with Crippen molar-refractivity contribution in [2.45, 2.75) is 19.4 Å². The number of imidazole rings is 1. The highest BCUT2D eigenvalue weighted by atomic mass is 16.5. The number of ether oxygens (including phenoxy) is 1. The zero-order chi connectivity index (χ0) is 14.6. The summed E-state index contributed by atoms with van der Waals surface area (Å²) in [7, 11) is 3.42. The third-order valence-corrected chi connectivity index (χ3v) is 2.54. The van der Waals surface area contributed by atoms with E-state index in [0.29, 0.717) is 24.5 Å². The minimum atomic E-state index is -0.284. The number of methoxy groups -OCH3 is 1. The van der Waals surface area contributed by atoms with Crippen molar-refractivity contribution in [2.24, 2.45) is 0 Å². The second kappa shape index (κ2) is 5.83. The average molecular weight is 277 g/mol. The van der Waals surface area contributed by atoms with E-state index < -0.39 is 0 Å². The van der Waals surface area contributed by atoms with Crippen molar-refractivity contribution in [3.63, 3.8) is 0 Å². The van der Waals surface area contributed by atoms with Crippen LogP contribution in [0.4, 0.5) is 11.9 Å². The van der Waals surface area contributed by atoms with Crippen LogP contribution in [0.1, 0.15) is 13.8 Å². The molecule has 0 aliphatic rings. The Labute approximate surface area is 117 Å². The molecular formula is C12H19N7O. The average Bonchev–Trinajstić information content (AvgIpc) is 2.91. The highest BCUT2D eigenvalue weighted by Gasteiger charge is 2.19. The molecule has 0 radical (unpaired) electrons. The van der Waals surface area contributed by atoms with Gasteiger partial charge in [0.2, 0.25) is 17.8 Å². The molecule has 0 aromatic carbocycles. The second-order valence-corrected chi connectivity index (χ2v) is 4.94. The molecule has 0 bridgehead atoms. The summed E-state index contributed by atoms with van der Waals surface area (Å²) in [5, 5.41) is 6.16. The molecule has 2 aromatic rings. The largest absolute Gasteiger partial charge is 0.382 e. The molecule has 0 saturated heterocycles. The first-order chi connectivity index (χ1) is 9.54. The number of nitrogens with one attached hydrogen (secondary N) is 2. The van der Waals surface area contributed by atoms with E-state index in [4.69, 9.17) is 4.74 Å². The van der Waals surface area contributed by atoms with Crippen molar-refractivity contribution in [3.8, 4) is 5.95 Å². The molecule has 8 heteroatoms. The van der Waals surface area contributed by atoms with Crippen molar-refractivity contribution in [1.29, 1.82) is 0 Å². The summed E-state index contributed by atoms with van der Waals surface area (Å²) >= 11 is 0. The Morgan fingerprint density at radius 1 is 1.25 bits per heavy atom. The van der Waals surface area contributed by atoms with Crippen molar-refractivity contribution in [2.75, 3.05) is 31.4 Å². The summed E-state index contributed by atoms with van der Waals surface area (Å²) in [5.41, 5.74) is -0.284. The van der Waals surface area contributed by atoms with Gasteiger partial charge in [0, 0.05) is 26.6 Å². The number of hydrogen-bond acceptors (Lipinski definition) is 7. The lowest BCUT2D eigenvalue weighted by atomic mass is 10.1. The molecule has 0 fully saturated rings. The fraction of sp³-hybridized carbons (Fsp3) is 0.500. The number of hydrogen-bond donors (Lipinski definition) is 2. The maximum absolute atomic E-state index is 5.17. The fourth-order valence-corrected chi connectivity index (χ4v) is 1.72. The van der Waals surface area contributed by atoms with Gasteiger partial charge in [-0.2, -0.15) is 15.0 Å². The summed E-state index contributed by atoms with van der Waals surface area (Å²) in [6.07, 6.45) is 5.09. The van der Waals surface area contributed by atoms with E-state index in [-0.39, 0.29) is 5.54 Å². The van der Waals surface area contributed by atoms with Crippen molar-refractivity contribution in [1.82, 2.24) is 24.5 Å². The molecule has 8 nitrogen and oxygen atoms in total. The molecule has 0 aliphatic carbocycles. The van der Waals surface area contributed by atoms with Crippen LogP contribution in [-0.4, -0.2) is 50.8 Å². The molecule has 2 aromatic heterocycles. The van der Waals surface area contributed by atoms with E-state index in [2.05, 4.69) is 30.6 Å². The SMILES string of the molecule is CNc1nc(NC(C)(C)COC)nc(-n2ccnc2)n1. The molecule has 20 heavy (non-hydrogen) atoms. The Morgan fingerprint density at radius 2 is 2.00 bits per heavy atom. The molecule has 0 spiro atoms.